The van der Waals surface area contributed by atoms with E-state index in [-0.39, 0.29) is 30.8 Å². The highest BCUT2D eigenvalue weighted by Crippen LogP contribution is 2.25. The molecular weight excluding hydrogens is 474 g/mol. The van der Waals surface area contributed by atoms with Crippen LogP contribution in [0, 0.1) is 20.8 Å². The molecule has 0 unspecified atom stereocenters. The van der Waals surface area contributed by atoms with Crippen molar-refractivity contribution in [3.8, 4) is 0 Å². The van der Waals surface area contributed by atoms with E-state index in [9.17, 15) is 18.0 Å². The predicted molar refractivity (Wildman–Crippen MR) is 146 cm³/mol. The van der Waals surface area contributed by atoms with E-state index in [1.807, 2.05) is 71.0 Å². The molecule has 2 atom stereocenters. The molecule has 0 bridgehead atoms. The first-order valence-electron chi connectivity index (χ1n) is 12.5. The average Bonchev–Trinajstić information content (AvgIpc) is 2.81. The van der Waals surface area contributed by atoms with Gasteiger partial charge in [0.15, 0.2) is 0 Å². The summed E-state index contributed by atoms with van der Waals surface area (Å²) in [5.41, 5.74) is 4.55. The average molecular weight is 516 g/mol. The van der Waals surface area contributed by atoms with Crippen LogP contribution in [0.25, 0.3) is 0 Å². The second-order valence-electron chi connectivity index (χ2n) is 9.66. The van der Waals surface area contributed by atoms with Crippen molar-refractivity contribution in [2.24, 2.45) is 0 Å². The molecule has 198 valence electrons. The molecule has 1 N–H and O–H groups in total. The third-order valence-electron chi connectivity index (χ3n) is 6.60. The van der Waals surface area contributed by atoms with Gasteiger partial charge in [0, 0.05) is 25.6 Å². The van der Waals surface area contributed by atoms with Gasteiger partial charge in [-0.05, 0) is 70.2 Å². The number of carbonyl (C=O) groups is 2. The molecule has 2 aromatic carbocycles. The molecule has 7 nitrogen and oxygen atoms in total. The Morgan fingerprint density at radius 1 is 1.03 bits per heavy atom. The third-order valence-corrected chi connectivity index (χ3v) is 7.78. The van der Waals surface area contributed by atoms with E-state index in [1.54, 1.807) is 17.9 Å². The molecule has 0 aliphatic carbocycles. The van der Waals surface area contributed by atoms with Gasteiger partial charge in [0.25, 0.3) is 0 Å². The summed E-state index contributed by atoms with van der Waals surface area (Å²) in [6.45, 7) is 12.0. The molecule has 0 aliphatic rings. The quantitative estimate of drug-likeness (QED) is 0.451. The molecule has 0 heterocycles. The van der Waals surface area contributed by atoms with Crippen molar-refractivity contribution in [3.05, 3.63) is 64.7 Å². The highest BCUT2D eigenvalue weighted by molar-refractivity contribution is 7.92. The summed E-state index contributed by atoms with van der Waals surface area (Å²) in [6.07, 6.45) is 2.44. The molecule has 0 fully saturated rings. The van der Waals surface area contributed by atoms with Crippen molar-refractivity contribution in [2.45, 2.75) is 79.4 Å². The van der Waals surface area contributed by atoms with Gasteiger partial charge in [0.05, 0.1) is 11.9 Å². The zero-order valence-corrected chi connectivity index (χ0v) is 23.5. The standard InChI is InChI=1S/C28H41N3O4S/c1-8-22(4)29-28(33)24(6)30(19-25-14-9-12-20(2)18-25)27(32)16-11-17-31(36(7,34)35)26-15-10-13-21(3)23(26)5/h9-10,12-15,18,22,24H,8,11,16-17,19H2,1-7H3,(H,29,33)/t22-,24+/m1/s1. The van der Waals surface area contributed by atoms with E-state index >= 15 is 0 Å². The summed E-state index contributed by atoms with van der Waals surface area (Å²) in [4.78, 5) is 27.9. The molecule has 0 spiro atoms. The summed E-state index contributed by atoms with van der Waals surface area (Å²) in [6, 6.07) is 12.8. The van der Waals surface area contributed by atoms with E-state index < -0.39 is 16.1 Å². The fraction of sp³-hybridized carbons (Fsp3) is 0.500. The van der Waals surface area contributed by atoms with Crippen molar-refractivity contribution in [1.82, 2.24) is 10.2 Å². The third kappa shape index (κ3) is 8.08. The monoisotopic (exact) mass is 515 g/mol. The van der Waals surface area contributed by atoms with Gasteiger partial charge in [0.2, 0.25) is 21.8 Å². The highest BCUT2D eigenvalue weighted by Gasteiger charge is 2.27. The lowest BCUT2D eigenvalue weighted by Gasteiger charge is -2.30. The Kier molecular flexibility index (Phi) is 10.5. The van der Waals surface area contributed by atoms with Crippen LogP contribution in [0.2, 0.25) is 0 Å². The van der Waals surface area contributed by atoms with Crippen molar-refractivity contribution >= 4 is 27.5 Å². The summed E-state index contributed by atoms with van der Waals surface area (Å²) in [5.74, 6) is -0.378. The van der Waals surface area contributed by atoms with Crippen molar-refractivity contribution in [3.63, 3.8) is 0 Å². The Labute approximate surface area is 216 Å². The zero-order valence-electron chi connectivity index (χ0n) is 22.7. The number of rotatable bonds is 12. The van der Waals surface area contributed by atoms with Gasteiger partial charge in [-0.25, -0.2) is 8.42 Å². The number of anilines is 1. The van der Waals surface area contributed by atoms with Crippen molar-refractivity contribution < 1.29 is 18.0 Å². The van der Waals surface area contributed by atoms with E-state index in [4.69, 9.17) is 0 Å². The van der Waals surface area contributed by atoms with E-state index in [1.165, 1.54) is 10.6 Å². The normalized spacial score (nSPS) is 13.1. The number of hydrogen-bond acceptors (Lipinski definition) is 4. The number of sulfonamides is 1. The van der Waals surface area contributed by atoms with Crippen LogP contribution < -0.4 is 9.62 Å². The number of nitrogens with zero attached hydrogens (tertiary/aromatic N) is 2. The number of aryl methyl sites for hydroxylation is 2. The first-order chi connectivity index (χ1) is 16.8. The molecule has 0 radical (unpaired) electrons. The summed E-state index contributed by atoms with van der Waals surface area (Å²) in [7, 11) is -3.53. The van der Waals surface area contributed by atoms with Crippen LogP contribution in [-0.2, 0) is 26.2 Å². The van der Waals surface area contributed by atoms with E-state index in [2.05, 4.69) is 5.32 Å². The molecule has 0 aliphatic heterocycles. The lowest BCUT2D eigenvalue weighted by Crippen LogP contribution is -2.49. The molecular formula is C28H41N3O4S. The maximum Gasteiger partial charge on any atom is 0.242 e. The minimum absolute atomic E-state index is 0.0109. The van der Waals surface area contributed by atoms with E-state index in [0.29, 0.717) is 18.7 Å². The summed E-state index contributed by atoms with van der Waals surface area (Å²) < 4.78 is 26.5. The molecule has 36 heavy (non-hydrogen) atoms. The molecule has 8 heteroatoms. The van der Waals surface area contributed by atoms with Crippen molar-refractivity contribution in [1.29, 1.82) is 0 Å². The Morgan fingerprint density at radius 3 is 2.31 bits per heavy atom. The highest BCUT2D eigenvalue weighted by atomic mass is 32.2. The minimum atomic E-state index is -3.53. The van der Waals surface area contributed by atoms with Crippen LogP contribution in [0.4, 0.5) is 5.69 Å². The van der Waals surface area contributed by atoms with Gasteiger partial charge >= 0.3 is 0 Å². The van der Waals surface area contributed by atoms with Crippen molar-refractivity contribution in [2.75, 3.05) is 17.1 Å². The van der Waals surface area contributed by atoms with Crippen LogP contribution in [0.1, 0.15) is 62.3 Å². The number of amides is 2. The summed E-state index contributed by atoms with van der Waals surface area (Å²) in [5, 5.41) is 2.97. The van der Waals surface area contributed by atoms with Gasteiger partial charge in [-0.15, -0.1) is 0 Å². The second-order valence-corrected chi connectivity index (χ2v) is 11.6. The molecule has 2 aromatic rings. The summed E-state index contributed by atoms with van der Waals surface area (Å²) >= 11 is 0. The number of benzene rings is 2. The number of nitrogens with one attached hydrogen (secondary N) is 1. The smallest absolute Gasteiger partial charge is 0.242 e. The van der Waals surface area contributed by atoms with Gasteiger partial charge in [-0.3, -0.25) is 13.9 Å². The molecule has 2 amide bonds. The Hall–Kier alpha value is -2.87. The van der Waals surface area contributed by atoms with Gasteiger partial charge in [0.1, 0.15) is 6.04 Å². The minimum Gasteiger partial charge on any atom is -0.352 e. The van der Waals surface area contributed by atoms with E-state index in [0.717, 1.165) is 28.7 Å². The lowest BCUT2D eigenvalue weighted by atomic mass is 10.1. The number of hydrogen-bond donors (Lipinski definition) is 1. The van der Waals surface area contributed by atoms with Crippen LogP contribution in [0.5, 0.6) is 0 Å². The van der Waals surface area contributed by atoms with Crippen LogP contribution in [0.15, 0.2) is 42.5 Å². The molecule has 0 aromatic heterocycles. The zero-order chi connectivity index (χ0) is 27.0. The maximum atomic E-state index is 13.4. The Balaban J connectivity index is 2.21. The largest absolute Gasteiger partial charge is 0.352 e. The maximum absolute atomic E-state index is 13.4. The Bertz CT molecular complexity index is 1160. The van der Waals surface area contributed by atoms with Gasteiger partial charge in [-0.1, -0.05) is 48.9 Å². The topological polar surface area (TPSA) is 86.8 Å². The Morgan fingerprint density at radius 2 is 1.69 bits per heavy atom. The SMILES string of the molecule is CC[C@@H](C)NC(=O)[C@H](C)N(Cc1cccc(C)c1)C(=O)CCCN(c1cccc(C)c1C)S(C)(=O)=O. The second kappa shape index (κ2) is 12.9. The fourth-order valence-corrected chi connectivity index (χ4v) is 5.06. The molecule has 2 rings (SSSR count). The van der Waals surface area contributed by atoms with Gasteiger partial charge < -0.3 is 10.2 Å². The predicted octanol–water partition coefficient (Wildman–Crippen LogP) is 4.49. The van der Waals surface area contributed by atoms with Crippen LogP contribution >= 0.6 is 0 Å². The van der Waals surface area contributed by atoms with Crippen LogP contribution in [0.3, 0.4) is 0 Å². The van der Waals surface area contributed by atoms with Crippen LogP contribution in [-0.4, -0.2) is 50.0 Å². The van der Waals surface area contributed by atoms with Gasteiger partial charge in [-0.2, -0.15) is 0 Å². The fourth-order valence-electron chi connectivity index (χ4n) is 4.04. The first kappa shape index (κ1) is 29.4. The molecule has 0 saturated carbocycles. The number of carbonyl (C=O) groups excluding carboxylic acids is 2. The molecule has 0 saturated heterocycles. The lowest BCUT2D eigenvalue weighted by molar-refractivity contribution is -0.140. The first-order valence-corrected chi connectivity index (χ1v) is 14.4.